The van der Waals surface area contributed by atoms with Crippen LogP contribution in [-0.4, -0.2) is 11.6 Å². The van der Waals surface area contributed by atoms with Crippen molar-refractivity contribution in [2.24, 2.45) is 0 Å². The number of hydrogen-bond acceptors (Lipinski definition) is 2. The molecule has 1 aromatic rings. The highest BCUT2D eigenvalue weighted by Gasteiger charge is 2.02. The summed E-state index contributed by atoms with van der Waals surface area (Å²) >= 11 is 0. The van der Waals surface area contributed by atoms with E-state index in [4.69, 9.17) is 0 Å². The number of benzene rings is 1. The van der Waals surface area contributed by atoms with Crippen LogP contribution in [0.2, 0.25) is 0 Å². The lowest BCUT2D eigenvalue weighted by Crippen LogP contribution is -1.95. The van der Waals surface area contributed by atoms with E-state index in [1.165, 1.54) is 19.9 Å². The first-order valence-corrected chi connectivity index (χ1v) is 4.40. The maximum atomic E-state index is 11.2. The molecule has 0 fully saturated rings. The van der Waals surface area contributed by atoms with Gasteiger partial charge in [0.1, 0.15) is 0 Å². The fourth-order valence-electron chi connectivity index (χ4n) is 1.17. The van der Waals surface area contributed by atoms with E-state index in [2.05, 4.69) is 0 Å². The van der Waals surface area contributed by atoms with Crippen LogP contribution in [0.1, 0.15) is 29.8 Å². The van der Waals surface area contributed by atoms with E-state index in [1.807, 2.05) is 18.2 Å². The SMILES string of the molecule is CC(=O)/C=C/c1ccccc1C(C)=O. The summed E-state index contributed by atoms with van der Waals surface area (Å²) in [6.07, 6.45) is 3.13. The van der Waals surface area contributed by atoms with Crippen molar-refractivity contribution < 1.29 is 9.59 Å². The van der Waals surface area contributed by atoms with Crippen molar-refractivity contribution >= 4 is 17.6 Å². The minimum atomic E-state index is -0.0247. The molecule has 0 radical (unpaired) electrons. The first-order valence-electron chi connectivity index (χ1n) is 4.40. The van der Waals surface area contributed by atoms with Gasteiger partial charge in [-0.1, -0.05) is 30.3 Å². The van der Waals surface area contributed by atoms with Crippen LogP contribution in [0.25, 0.3) is 6.08 Å². The average Bonchev–Trinajstić information content (AvgIpc) is 2.15. The summed E-state index contributed by atoms with van der Waals surface area (Å²) in [4.78, 5) is 21.9. The summed E-state index contributed by atoms with van der Waals surface area (Å²) in [6, 6.07) is 7.21. The Kier molecular flexibility index (Phi) is 3.35. The number of hydrogen-bond donors (Lipinski definition) is 0. The molecule has 1 aromatic carbocycles. The molecule has 14 heavy (non-hydrogen) atoms. The maximum Gasteiger partial charge on any atom is 0.160 e. The number of carbonyl (C=O) groups is 2. The first-order chi connectivity index (χ1) is 6.61. The normalized spacial score (nSPS) is 10.4. The van der Waals surface area contributed by atoms with Gasteiger partial charge in [0.05, 0.1) is 0 Å². The molecule has 2 nitrogen and oxygen atoms in total. The molecule has 0 saturated carbocycles. The molecular formula is C12H12O2. The third-order valence-electron chi connectivity index (χ3n) is 1.84. The Labute approximate surface area is 83.3 Å². The maximum absolute atomic E-state index is 11.2. The second kappa shape index (κ2) is 4.51. The molecule has 72 valence electrons. The van der Waals surface area contributed by atoms with Crippen molar-refractivity contribution in [1.29, 1.82) is 0 Å². The van der Waals surface area contributed by atoms with Gasteiger partial charge >= 0.3 is 0 Å². The van der Waals surface area contributed by atoms with Crippen LogP contribution in [0, 0.1) is 0 Å². The molecule has 0 unspecified atom stereocenters. The lowest BCUT2D eigenvalue weighted by molar-refractivity contribution is -0.112. The van der Waals surface area contributed by atoms with Crippen molar-refractivity contribution in [2.75, 3.05) is 0 Å². The second-order valence-electron chi connectivity index (χ2n) is 3.09. The molecule has 0 bridgehead atoms. The average molecular weight is 188 g/mol. The Bertz CT molecular complexity index is 389. The Balaban J connectivity index is 3.07. The third kappa shape index (κ3) is 2.66. The van der Waals surface area contributed by atoms with Crippen molar-refractivity contribution in [3.05, 3.63) is 41.5 Å². The number of allylic oxidation sites excluding steroid dienone is 1. The molecule has 0 spiro atoms. The van der Waals surface area contributed by atoms with Crippen molar-refractivity contribution in [3.8, 4) is 0 Å². The van der Waals surface area contributed by atoms with Crippen LogP contribution in [0.3, 0.4) is 0 Å². The number of rotatable bonds is 3. The highest BCUT2D eigenvalue weighted by Crippen LogP contribution is 2.11. The summed E-state index contributed by atoms with van der Waals surface area (Å²) < 4.78 is 0. The monoisotopic (exact) mass is 188 g/mol. The number of Topliss-reactive ketones (excluding diaryl/α,β-unsaturated/α-hetero) is 1. The summed E-state index contributed by atoms with van der Waals surface area (Å²) in [5.74, 6) is -0.0165. The van der Waals surface area contributed by atoms with Gasteiger partial charge in [0, 0.05) is 5.56 Å². The number of ketones is 2. The van der Waals surface area contributed by atoms with Crippen LogP contribution in [0.4, 0.5) is 0 Å². The molecule has 0 amide bonds. The Morgan fingerprint density at radius 1 is 1.14 bits per heavy atom. The van der Waals surface area contributed by atoms with E-state index in [1.54, 1.807) is 12.1 Å². The molecule has 0 aliphatic carbocycles. The van der Waals surface area contributed by atoms with Crippen LogP contribution < -0.4 is 0 Å². The Hall–Kier alpha value is -1.70. The van der Waals surface area contributed by atoms with Gasteiger partial charge < -0.3 is 0 Å². The van der Waals surface area contributed by atoms with E-state index >= 15 is 0 Å². The second-order valence-corrected chi connectivity index (χ2v) is 3.09. The lowest BCUT2D eigenvalue weighted by Gasteiger charge is -2.00. The van der Waals surface area contributed by atoms with Gasteiger partial charge in [0.25, 0.3) is 0 Å². The fraction of sp³-hybridized carbons (Fsp3) is 0.167. The molecule has 0 heterocycles. The van der Waals surface area contributed by atoms with Gasteiger partial charge in [-0.25, -0.2) is 0 Å². The van der Waals surface area contributed by atoms with Crippen LogP contribution in [0.15, 0.2) is 30.3 Å². The molecule has 2 heteroatoms. The fourth-order valence-corrected chi connectivity index (χ4v) is 1.17. The molecule has 1 rings (SSSR count). The van der Waals surface area contributed by atoms with Gasteiger partial charge in [-0.2, -0.15) is 0 Å². The Morgan fingerprint density at radius 3 is 2.36 bits per heavy atom. The quantitative estimate of drug-likeness (QED) is 0.539. The van der Waals surface area contributed by atoms with Gasteiger partial charge in [0.2, 0.25) is 0 Å². The molecule has 0 aliphatic heterocycles. The third-order valence-corrected chi connectivity index (χ3v) is 1.84. The first kappa shape index (κ1) is 10.4. The smallest absolute Gasteiger partial charge is 0.160 e. The summed E-state index contributed by atoms with van der Waals surface area (Å²) in [6.45, 7) is 2.99. The predicted molar refractivity (Wildman–Crippen MR) is 56.2 cm³/mol. The predicted octanol–water partition coefficient (Wildman–Crippen LogP) is 2.49. The van der Waals surface area contributed by atoms with Crippen molar-refractivity contribution in [3.63, 3.8) is 0 Å². The zero-order valence-corrected chi connectivity index (χ0v) is 8.28. The van der Waals surface area contributed by atoms with E-state index in [-0.39, 0.29) is 11.6 Å². The van der Waals surface area contributed by atoms with Crippen molar-refractivity contribution in [1.82, 2.24) is 0 Å². The molecule has 0 atom stereocenters. The molecule has 0 saturated heterocycles. The van der Waals surface area contributed by atoms with E-state index < -0.39 is 0 Å². The Morgan fingerprint density at radius 2 is 1.79 bits per heavy atom. The van der Waals surface area contributed by atoms with Gasteiger partial charge in [-0.3, -0.25) is 9.59 Å². The van der Waals surface area contributed by atoms with Gasteiger partial charge in [-0.15, -0.1) is 0 Å². The van der Waals surface area contributed by atoms with Crippen LogP contribution in [0.5, 0.6) is 0 Å². The minimum absolute atomic E-state index is 0.00815. The summed E-state index contributed by atoms with van der Waals surface area (Å²) in [5.41, 5.74) is 1.43. The van der Waals surface area contributed by atoms with Gasteiger partial charge in [-0.05, 0) is 25.5 Å². The summed E-state index contributed by atoms with van der Waals surface area (Å²) in [7, 11) is 0. The molecule has 0 N–H and O–H groups in total. The molecule has 0 aromatic heterocycles. The molecular weight excluding hydrogens is 176 g/mol. The molecule has 0 aliphatic rings. The minimum Gasteiger partial charge on any atom is -0.295 e. The zero-order valence-electron chi connectivity index (χ0n) is 8.28. The van der Waals surface area contributed by atoms with E-state index in [9.17, 15) is 9.59 Å². The van der Waals surface area contributed by atoms with Crippen molar-refractivity contribution in [2.45, 2.75) is 13.8 Å². The van der Waals surface area contributed by atoms with E-state index in [0.717, 1.165) is 5.56 Å². The largest absolute Gasteiger partial charge is 0.295 e. The zero-order chi connectivity index (χ0) is 10.6. The van der Waals surface area contributed by atoms with E-state index in [0.29, 0.717) is 5.56 Å². The van der Waals surface area contributed by atoms with Crippen LogP contribution >= 0.6 is 0 Å². The lowest BCUT2D eigenvalue weighted by atomic mass is 10.0. The highest BCUT2D eigenvalue weighted by molar-refractivity contribution is 5.99. The van der Waals surface area contributed by atoms with Crippen LogP contribution in [-0.2, 0) is 4.79 Å². The topological polar surface area (TPSA) is 34.1 Å². The summed E-state index contributed by atoms with van der Waals surface area (Å²) in [5, 5.41) is 0. The standard InChI is InChI=1S/C12H12O2/c1-9(13)7-8-11-5-3-4-6-12(11)10(2)14/h3-8H,1-2H3/b8-7+. The highest BCUT2D eigenvalue weighted by atomic mass is 16.1. The number of carbonyl (C=O) groups excluding carboxylic acids is 2. The van der Waals surface area contributed by atoms with Gasteiger partial charge in [0.15, 0.2) is 11.6 Å².